The molecule has 3 rings (SSSR count). The van der Waals surface area contributed by atoms with E-state index in [9.17, 15) is 18.0 Å². The maximum atomic E-state index is 13.3. The molecular formula is C19H25F3N2O. The van der Waals surface area contributed by atoms with Gasteiger partial charge in [-0.1, -0.05) is 18.2 Å². The average Bonchev–Trinajstić information content (AvgIpc) is 2.81. The van der Waals surface area contributed by atoms with Crippen molar-refractivity contribution in [2.24, 2.45) is 5.41 Å². The Morgan fingerprint density at radius 2 is 1.96 bits per heavy atom. The number of piperidine rings is 1. The number of hydrogen-bond donors (Lipinski definition) is 1. The van der Waals surface area contributed by atoms with Gasteiger partial charge in [-0.15, -0.1) is 0 Å². The number of hydrogen-bond acceptors (Lipinski definition) is 2. The van der Waals surface area contributed by atoms with Gasteiger partial charge in [0.05, 0.1) is 11.0 Å². The van der Waals surface area contributed by atoms with Gasteiger partial charge < -0.3 is 10.2 Å². The number of nitrogens with zero attached hydrogens (tertiary/aromatic N) is 1. The molecule has 0 bridgehead atoms. The van der Waals surface area contributed by atoms with Crippen molar-refractivity contribution in [3.63, 3.8) is 0 Å². The van der Waals surface area contributed by atoms with E-state index in [1.165, 1.54) is 12.1 Å². The summed E-state index contributed by atoms with van der Waals surface area (Å²) in [6.07, 6.45) is -2.80. The number of benzene rings is 1. The van der Waals surface area contributed by atoms with E-state index < -0.39 is 17.2 Å². The van der Waals surface area contributed by atoms with E-state index in [2.05, 4.69) is 5.32 Å². The Balaban J connectivity index is 2.05. The van der Waals surface area contributed by atoms with Crippen LogP contribution in [0.15, 0.2) is 24.3 Å². The number of amides is 1. The highest BCUT2D eigenvalue weighted by atomic mass is 19.4. The standard InChI is InChI=1S/C19H25F3N2O/c1-17(2,3)24-11-15(18(16(24)25)8-5-9-23-12-18)13-6-4-7-14(10-13)19(20,21)22/h4,6-7,10,15,23H,5,8-9,11-12H2,1-3H3/t15-,18-/m1/s1. The topological polar surface area (TPSA) is 32.3 Å². The van der Waals surface area contributed by atoms with Gasteiger partial charge >= 0.3 is 6.18 Å². The lowest BCUT2D eigenvalue weighted by atomic mass is 9.69. The first-order valence-corrected chi connectivity index (χ1v) is 8.76. The highest BCUT2D eigenvalue weighted by Gasteiger charge is 2.56. The van der Waals surface area contributed by atoms with E-state index in [-0.39, 0.29) is 17.4 Å². The predicted molar refractivity (Wildman–Crippen MR) is 90.2 cm³/mol. The van der Waals surface area contributed by atoms with Crippen molar-refractivity contribution in [1.29, 1.82) is 0 Å². The van der Waals surface area contributed by atoms with Gasteiger partial charge in [0.15, 0.2) is 0 Å². The minimum Gasteiger partial charge on any atom is -0.337 e. The van der Waals surface area contributed by atoms with Crippen LogP contribution in [0.1, 0.15) is 50.7 Å². The zero-order valence-corrected chi connectivity index (χ0v) is 14.9. The number of likely N-dealkylation sites (tertiary alicyclic amines) is 1. The first-order chi connectivity index (χ1) is 11.6. The number of carbonyl (C=O) groups is 1. The van der Waals surface area contributed by atoms with Crippen molar-refractivity contribution in [2.45, 2.75) is 51.2 Å². The number of halogens is 3. The molecule has 1 spiro atoms. The van der Waals surface area contributed by atoms with Crippen LogP contribution < -0.4 is 5.32 Å². The third kappa shape index (κ3) is 3.16. The molecule has 2 fully saturated rings. The molecule has 0 aromatic heterocycles. The molecular weight excluding hydrogens is 329 g/mol. The minimum atomic E-state index is -4.37. The molecule has 1 aromatic carbocycles. The summed E-state index contributed by atoms with van der Waals surface area (Å²) in [5, 5.41) is 3.29. The molecule has 0 aliphatic carbocycles. The van der Waals surface area contributed by atoms with Crippen molar-refractivity contribution in [2.75, 3.05) is 19.6 Å². The SMILES string of the molecule is CC(C)(C)N1C[C@H](c2cccc(C(F)(F)F)c2)[C@]2(CCCNC2)C1=O. The predicted octanol–water partition coefficient (Wildman–Crippen LogP) is 3.80. The molecule has 2 aliphatic rings. The van der Waals surface area contributed by atoms with Gasteiger partial charge in [0.25, 0.3) is 0 Å². The van der Waals surface area contributed by atoms with E-state index in [1.807, 2.05) is 25.7 Å². The lowest BCUT2D eigenvalue weighted by Crippen LogP contribution is -2.50. The van der Waals surface area contributed by atoms with Crippen molar-refractivity contribution in [3.05, 3.63) is 35.4 Å². The second kappa shape index (κ2) is 6.01. The molecule has 3 nitrogen and oxygen atoms in total. The summed E-state index contributed by atoms with van der Waals surface area (Å²) in [6.45, 7) is 7.76. The van der Waals surface area contributed by atoms with Gasteiger partial charge in [-0.3, -0.25) is 4.79 Å². The summed E-state index contributed by atoms with van der Waals surface area (Å²) < 4.78 is 39.4. The number of carbonyl (C=O) groups excluding carboxylic acids is 1. The zero-order valence-electron chi connectivity index (χ0n) is 14.9. The van der Waals surface area contributed by atoms with Crippen LogP contribution in [0, 0.1) is 5.41 Å². The molecule has 0 radical (unpaired) electrons. The van der Waals surface area contributed by atoms with Gasteiger partial charge in [-0.2, -0.15) is 13.2 Å². The van der Waals surface area contributed by atoms with Crippen LogP contribution >= 0.6 is 0 Å². The van der Waals surface area contributed by atoms with E-state index in [0.29, 0.717) is 25.1 Å². The van der Waals surface area contributed by atoms with Crippen LogP contribution in [0.3, 0.4) is 0 Å². The summed E-state index contributed by atoms with van der Waals surface area (Å²) in [5.74, 6) is -0.163. The first-order valence-electron chi connectivity index (χ1n) is 8.76. The average molecular weight is 354 g/mol. The van der Waals surface area contributed by atoms with Crippen molar-refractivity contribution < 1.29 is 18.0 Å². The molecule has 2 aliphatic heterocycles. The third-order valence-corrected chi connectivity index (χ3v) is 5.55. The molecule has 2 atom stereocenters. The van der Waals surface area contributed by atoms with Crippen molar-refractivity contribution in [1.82, 2.24) is 10.2 Å². The fourth-order valence-electron chi connectivity index (χ4n) is 4.20. The molecule has 138 valence electrons. The highest BCUT2D eigenvalue weighted by molar-refractivity contribution is 5.87. The maximum Gasteiger partial charge on any atom is 0.416 e. The van der Waals surface area contributed by atoms with Crippen molar-refractivity contribution in [3.8, 4) is 0 Å². The molecule has 2 saturated heterocycles. The quantitative estimate of drug-likeness (QED) is 0.832. The molecule has 1 amide bonds. The highest BCUT2D eigenvalue weighted by Crippen LogP contribution is 2.50. The summed E-state index contributed by atoms with van der Waals surface area (Å²) in [7, 11) is 0. The fourth-order valence-corrected chi connectivity index (χ4v) is 4.20. The lowest BCUT2D eigenvalue weighted by Gasteiger charge is -2.38. The summed E-state index contributed by atoms with van der Waals surface area (Å²) in [6, 6.07) is 5.50. The molecule has 2 heterocycles. The molecule has 1 aromatic rings. The van der Waals surface area contributed by atoms with Crippen LogP contribution in [-0.4, -0.2) is 36.0 Å². The first kappa shape index (κ1) is 18.2. The van der Waals surface area contributed by atoms with Crippen LogP contribution in [0.25, 0.3) is 0 Å². The Labute approximate surface area is 146 Å². The summed E-state index contributed by atoms with van der Waals surface area (Å²) in [4.78, 5) is 15.1. The fraction of sp³-hybridized carbons (Fsp3) is 0.632. The van der Waals surface area contributed by atoms with E-state index >= 15 is 0 Å². The Kier molecular flexibility index (Phi) is 4.38. The Morgan fingerprint density at radius 3 is 2.52 bits per heavy atom. The lowest BCUT2D eigenvalue weighted by molar-refractivity contribution is -0.141. The third-order valence-electron chi connectivity index (χ3n) is 5.55. The maximum absolute atomic E-state index is 13.3. The normalized spacial score (nSPS) is 28.0. The summed E-state index contributed by atoms with van der Waals surface area (Å²) in [5.41, 5.74) is -1.03. The van der Waals surface area contributed by atoms with Gasteiger partial charge in [0.2, 0.25) is 5.91 Å². The van der Waals surface area contributed by atoms with Crippen LogP contribution in [-0.2, 0) is 11.0 Å². The molecule has 1 N–H and O–H groups in total. The van der Waals surface area contributed by atoms with Gasteiger partial charge in [-0.25, -0.2) is 0 Å². The Hall–Kier alpha value is -1.56. The van der Waals surface area contributed by atoms with Crippen LogP contribution in [0.5, 0.6) is 0 Å². The summed E-state index contributed by atoms with van der Waals surface area (Å²) >= 11 is 0. The minimum absolute atomic E-state index is 0.0645. The largest absolute Gasteiger partial charge is 0.416 e. The monoisotopic (exact) mass is 354 g/mol. The van der Waals surface area contributed by atoms with Gasteiger partial charge in [0, 0.05) is 24.5 Å². The zero-order chi connectivity index (χ0) is 18.5. The Morgan fingerprint density at radius 1 is 1.24 bits per heavy atom. The Bertz CT molecular complexity index is 657. The van der Waals surface area contributed by atoms with E-state index in [4.69, 9.17) is 0 Å². The molecule has 25 heavy (non-hydrogen) atoms. The second-order valence-electron chi connectivity index (χ2n) is 8.20. The van der Waals surface area contributed by atoms with Crippen molar-refractivity contribution >= 4 is 5.91 Å². The van der Waals surface area contributed by atoms with E-state index in [1.54, 1.807) is 6.07 Å². The van der Waals surface area contributed by atoms with Gasteiger partial charge in [0.1, 0.15) is 0 Å². The molecule has 0 unspecified atom stereocenters. The van der Waals surface area contributed by atoms with E-state index in [0.717, 1.165) is 19.0 Å². The second-order valence-corrected chi connectivity index (χ2v) is 8.20. The number of rotatable bonds is 1. The molecule has 0 saturated carbocycles. The van der Waals surface area contributed by atoms with Crippen LogP contribution in [0.4, 0.5) is 13.2 Å². The number of alkyl halides is 3. The number of nitrogens with one attached hydrogen (secondary N) is 1. The van der Waals surface area contributed by atoms with Gasteiger partial charge in [-0.05, 0) is 51.8 Å². The molecule has 6 heteroatoms. The van der Waals surface area contributed by atoms with Crippen LogP contribution in [0.2, 0.25) is 0 Å². The smallest absolute Gasteiger partial charge is 0.337 e.